The van der Waals surface area contributed by atoms with Crippen LogP contribution < -0.4 is 10.4 Å². The molecule has 1 aromatic heterocycles. The van der Waals surface area contributed by atoms with E-state index in [1.54, 1.807) is 25.3 Å². The number of ether oxygens (including phenoxy) is 2. The van der Waals surface area contributed by atoms with E-state index in [1.807, 2.05) is 0 Å². The van der Waals surface area contributed by atoms with Gasteiger partial charge < -0.3 is 19.0 Å². The Bertz CT molecular complexity index is 587. The maximum absolute atomic E-state index is 11.4. The number of aliphatic hydroxyl groups excluding tert-OH is 1. The molecule has 0 saturated heterocycles. The van der Waals surface area contributed by atoms with Crippen molar-refractivity contribution in [1.29, 1.82) is 0 Å². The zero-order valence-electron chi connectivity index (χ0n) is 10.0. The van der Waals surface area contributed by atoms with E-state index in [0.717, 1.165) is 10.9 Å². The number of hydrogen-bond acceptors (Lipinski definition) is 5. The van der Waals surface area contributed by atoms with Crippen LogP contribution in [-0.4, -0.2) is 25.4 Å². The first kappa shape index (κ1) is 12.6. The van der Waals surface area contributed by atoms with Crippen molar-refractivity contribution in [3.63, 3.8) is 0 Å². The summed E-state index contributed by atoms with van der Waals surface area (Å²) >= 11 is 0. The fourth-order valence-corrected chi connectivity index (χ4v) is 1.74. The van der Waals surface area contributed by atoms with Crippen molar-refractivity contribution in [2.45, 2.75) is 6.61 Å². The SMILES string of the molecule is COCc1cc(=O)oc2cc(OCCO)ccc12. The van der Waals surface area contributed by atoms with E-state index < -0.39 is 5.63 Å². The number of methoxy groups -OCH3 is 1. The van der Waals surface area contributed by atoms with Crippen LogP contribution in [0, 0.1) is 0 Å². The number of aliphatic hydroxyl groups is 1. The molecule has 2 aromatic rings. The zero-order chi connectivity index (χ0) is 13.0. The van der Waals surface area contributed by atoms with Gasteiger partial charge in [0.1, 0.15) is 17.9 Å². The van der Waals surface area contributed by atoms with E-state index in [4.69, 9.17) is 19.0 Å². The fourth-order valence-electron chi connectivity index (χ4n) is 1.74. The molecule has 0 amide bonds. The molecule has 0 aliphatic rings. The highest BCUT2D eigenvalue weighted by Crippen LogP contribution is 2.23. The average Bonchev–Trinajstić information content (AvgIpc) is 2.36. The lowest BCUT2D eigenvalue weighted by atomic mass is 10.1. The molecule has 0 radical (unpaired) electrons. The summed E-state index contributed by atoms with van der Waals surface area (Å²) in [4.78, 5) is 11.4. The van der Waals surface area contributed by atoms with Crippen LogP contribution in [-0.2, 0) is 11.3 Å². The molecule has 1 heterocycles. The summed E-state index contributed by atoms with van der Waals surface area (Å²) in [6.07, 6.45) is 0. The summed E-state index contributed by atoms with van der Waals surface area (Å²) in [5.74, 6) is 0.550. The molecular weight excluding hydrogens is 236 g/mol. The number of rotatable bonds is 5. The third-order valence-corrected chi connectivity index (χ3v) is 2.46. The topological polar surface area (TPSA) is 68.9 Å². The first-order valence-electron chi connectivity index (χ1n) is 5.54. The Morgan fingerprint density at radius 1 is 1.33 bits per heavy atom. The Morgan fingerprint density at radius 2 is 2.17 bits per heavy atom. The van der Waals surface area contributed by atoms with Gasteiger partial charge in [0.2, 0.25) is 0 Å². The lowest BCUT2D eigenvalue weighted by molar-refractivity contribution is 0.185. The zero-order valence-corrected chi connectivity index (χ0v) is 10.0. The number of hydrogen-bond donors (Lipinski definition) is 1. The quantitative estimate of drug-likeness (QED) is 0.810. The van der Waals surface area contributed by atoms with Gasteiger partial charge in [-0.25, -0.2) is 4.79 Å². The standard InChI is InChI=1S/C13H14O5/c1-16-8-9-6-13(15)18-12-7-10(17-5-4-14)2-3-11(9)12/h2-3,6-7,14H,4-5,8H2,1H3. The normalized spacial score (nSPS) is 10.8. The third kappa shape index (κ3) is 2.69. The maximum atomic E-state index is 11.4. The maximum Gasteiger partial charge on any atom is 0.336 e. The molecule has 5 nitrogen and oxygen atoms in total. The van der Waals surface area contributed by atoms with Crippen LogP contribution in [0.3, 0.4) is 0 Å². The summed E-state index contributed by atoms with van der Waals surface area (Å²) in [7, 11) is 1.57. The second-order valence-electron chi connectivity index (χ2n) is 3.75. The smallest absolute Gasteiger partial charge is 0.336 e. The van der Waals surface area contributed by atoms with Crippen LogP contribution in [0.25, 0.3) is 11.0 Å². The van der Waals surface area contributed by atoms with Crippen molar-refractivity contribution in [3.8, 4) is 5.75 Å². The highest BCUT2D eigenvalue weighted by molar-refractivity contribution is 5.81. The van der Waals surface area contributed by atoms with Gasteiger partial charge in [-0.15, -0.1) is 0 Å². The van der Waals surface area contributed by atoms with Gasteiger partial charge in [0.05, 0.1) is 13.2 Å². The minimum Gasteiger partial charge on any atom is -0.491 e. The van der Waals surface area contributed by atoms with Gasteiger partial charge >= 0.3 is 5.63 Å². The largest absolute Gasteiger partial charge is 0.491 e. The van der Waals surface area contributed by atoms with Crippen LogP contribution in [0.1, 0.15) is 5.56 Å². The molecule has 0 spiro atoms. The van der Waals surface area contributed by atoms with Gasteiger partial charge in [0, 0.05) is 24.6 Å². The van der Waals surface area contributed by atoms with Gasteiger partial charge in [-0.05, 0) is 17.7 Å². The molecule has 96 valence electrons. The van der Waals surface area contributed by atoms with Crippen molar-refractivity contribution in [2.75, 3.05) is 20.3 Å². The Morgan fingerprint density at radius 3 is 2.89 bits per heavy atom. The van der Waals surface area contributed by atoms with Crippen molar-refractivity contribution in [1.82, 2.24) is 0 Å². The fraction of sp³-hybridized carbons (Fsp3) is 0.308. The van der Waals surface area contributed by atoms with Crippen molar-refractivity contribution >= 4 is 11.0 Å². The molecule has 1 aromatic carbocycles. The van der Waals surface area contributed by atoms with E-state index in [2.05, 4.69) is 0 Å². The van der Waals surface area contributed by atoms with E-state index >= 15 is 0 Å². The molecule has 0 fully saturated rings. The molecule has 2 rings (SSSR count). The van der Waals surface area contributed by atoms with E-state index in [0.29, 0.717) is 17.9 Å². The molecule has 5 heteroatoms. The van der Waals surface area contributed by atoms with Gasteiger partial charge in [-0.2, -0.15) is 0 Å². The molecule has 0 saturated carbocycles. The predicted octanol–water partition coefficient (Wildman–Crippen LogP) is 1.31. The second kappa shape index (κ2) is 5.66. The molecule has 0 atom stereocenters. The molecule has 0 bridgehead atoms. The third-order valence-electron chi connectivity index (χ3n) is 2.46. The molecule has 18 heavy (non-hydrogen) atoms. The van der Waals surface area contributed by atoms with Crippen LogP contribution in [0.2, 0.25) is 0 Å². The summed E-state index contributed by atoms with van der Waals surface area (Å²) in [5.41, 5.74) is 0.802. The minimum absolute atomic E-state index is 0.0638. The Kier molecular flexibility index (Phi) is 3.96. The molecule has 0 aliphatic carbocycles. The first-order chi connectivity index (χ1) is 8.74. The predicted molar refractivity (Wildman–Crippen MR) is 65.8 cm³/mol. The summed E-state index contributed by atoms with van der Waals surface area (Å²) in [5, 5.41) is 9.50. The molecular formula is C13H14O5. The van der Waals surface area contributed by atoms with Crippen LogP contribution >= 0.6 is 0 Å². The van der Waals surface area contributed by atoms with Gasteiger partial charge in [0.25, 0.3) is 0 Å². The Labute approximate surface area is 104 Å². The van der Waals surface area contributed by atoms with Gasteiger partial charge in [0.15, 0.2) is 0 Å². The van der Waals surface area contributed by atoms with Gasteiger partial charge in [-0.3, -0.25) is 0 Å². The van der Waals surface area contributed by atoms with Crippen LogP contribution in [0.5, 0.6) is 5.75 Å². The van der Waals surface area contributed by atoms with Crippen LogP contribution in [0.4, 0.5) is 0 Å². The molecule has 0 unspecified atom stereocenters. The lowest BCUT2D eigenvalue weighted by Crippen LogP contribution is -2.03. The highest BCUT2D eigenvalue weighted by atomic mass is 16.5. The van der Waals surface area contributed by atoms with Crippen molar-refractivity contribution in [2.24, 2.45) is 0 Å². The summed E-state index contributed by atoms with van der Waals surface area (Å²) in [6.45, 7) is 0.484. The Hall–Kier alpha value is -1.85. The monoisotopic (exact) mass is 250 g/mol. The van der Waals surface area contributed by atoms with Crippen molar-refractivity contribution < 1.29 is 19.0 Å². The highest BCUT2D eigenvalue weighted by Gasteiger charge is 2.06. The van der Waals surface area contributed by atoms with E-state index in [9.17, 15) is 4.79 Å². The van der Waals surface area contributed by atoms with E-state index in [1.165, 1.54) is 6.07 Å². The second-order valence-corrected chi connectivity index (χ2v) is 3.75. The van der Waals surface area contributed by atoms with E-state index in [-0.39, 0.29) is 13.2 Å². The van der Waals surface area contributed by atoms with Crippen LogP contribution in [0.15, 0.2) is 33.5 Å². The number of fused-ring (bicyclic) bond motifs is 1. The Balaban J connectivity index is 2.46. The minimum atomic E-state index is -0.422. The summed E-state index contributed by atoms with van der Waals surface area (Å²) < 4.78 is 15.4. The van der Waals surface area contributed by atoms with Gasteiger partial charge in [-0.1, -0.05) is 0 Å². The first-order valence-corrected chi connectivity index (χ1v) is 5.54. The number of benzene rings is 1. The average molecular weight is 250 g/mol. The lowest BCUT2D eigenvalue weighted by Gasteiger charge is -2.07. The molecule has 0 aliphatic heterocycles. The molecule has 1 N–H and O–H groups in total. The van der Waals surface area contributed by atoms with Crippen molar-refractivity contribution in [3.05, 3.63) is 40.2 Å². The summed E-state index contributed by atoms with van der Waals surface area (Å²) in [6, 6.07) is 6.61.